The molecule has 0 radical (unpaired) electrons. The molecule has 3 heterocycles. The number of aromatic nitrogens is 3. The molecule has 2 aliphatic rings. The molecule has 0 saturated carbocycles. The molecule has 1 saturated heterocycles. The Kier molecular flexibility index (Phi) is 9.07. The number of guanidine groups is 1. The van der Waals surface area contributed by atoms with Crippen LogP contribution in [0.2, 0.25) is 0 Å². The summed E-state index contributed by atoms with van der Waals surface area (Å²) in [6.07, 6.45) is 6.46. The lowest BCUT2D eigenvalue weighted by Gasteiger charge is -2.34. The van der Waals surface area contributed by atoms with Gasteiger partial charge in [-0.1, -0.05) is 0 Å². The molecule has 0 aromatic carbocycles. The molecule has 9 heteroatoms. The molecule has 0 amide bonds. The smallest absolute Gasteiger partial charge is 0.345 e. The fourth-order valence-electron chi connectivity index (χ4n) is 3.83. The maximum absolute atomic E-state index is 12.3. The number of piperidine rings is 1. The second-order valence-electron chi connectivity index (χ2n) is 7.00. The summed E-state index contributed by atoms with van der Waals surface area (Å²) in [5, 5.41) is 7.91. The highest BCUT2D eigenvalue weighted by molar-refractivity contribution is 14.0. The number of aliphatic imine (C=N–C) groups is 1. The number of nitrogens with zero attached hydrogens (tertiary/aromatic N) is 5. The molecule has 0 unspecified atom stereocenters. The van der Waals surface area contributed by atoms with E-state index in [-0.39, 0.29) is 29.7 Å². The normalized spacial score (nSPS) is 18.1. The largest absolute Gasteiger partial charge is 0.378 e. The van der Waals surface area contributed by atoms with Crippen molar-refractivity contribution in [1.82, 2.24) is 24.6 Å². The second-order valence-corrected chi connectivity index (χ2v) is 7.00. The van der Waals surface area contributed by atoms with Crippen LogP contribution in [0.15, 0.2) is 9.79 Å². The summed E-state index contributed by atoms with van der Waals surface area (Å²) in [5.74, 6) is 1.89. The Bertz CT molecular complexity index is 663. The van der Waals surface area contributed by atoms with Gasteiger partial charge in [0.1, 0.15) is 5.82 Å². The first-order chi connectivity index (χ1) is 12.7. The average molecular weight is 492 g/mol. The lowest BCUT2D eigenvalue weighted by atomic mass is 10.1. The first-order valence-electron chi connectivity index (χ1n) is 9.96. The van der Waals surface area contributed by atoms with E-state index >= 15 is 0 Å². The van der Waals surface area contributed by atoms with E-state index in [1.165, 1.54) is 0 Å². The van der Waals surface area contributed by atoms with Gasteiger partial charge in [-0.3, -0.25) is 9.56 Å². The molecule has 0 aliphatic carbocycles. The highest BCUT2D eigenvalue weighted by Gasteiger charge is 2.21. The predicted octanol–water partition coefficient (Wildman–Crippen LogP) is 1.47. The Labute approximate surface area is 178 Å². The van der Waals surface area contributed by atoms with Gasteiger partial charge < -0.3 is 15.0 Å². The summed E-state index contributed by atoms with van der Waals surface area (Å²) in [6, 6.07) is 0. The summed E-state index contributed by atoms with van der Waals surface area (Å²) in [4.78, 5) is 19.0. The van der Waals surface area contributed by atoms with Crippen LogP contribution in [0.25, 0.3) is 0 Å². The number of rotatable bonds is 6. The fraction of sp³-hybridized carbons (Fsp3) is 0.833. The van der Waals surface area contributed by atoms with Crippen molar-refractivity contribution < 1.29 is 4.74 Å². The Morgan fingerprint density at radius 2 is 2.07 bits per heavy atom. The molecule has 1 aromatic rings. The number of halogens is 1. The summed E-state index contributed by atoms with van der Waals surface area (Å²) in [5.41, 5.74) is 0.0436. The number of likely N-dealkylation sites (tertiary alicyclic amines) is 1. The highest BCUT2D eigenvalue weighted by atomic mass is 127. The SMILES string of the molecule is CCOC1CCN(C(=NC)NCCCn2nc3n(c2=O)CCCC3)CC1.I. The lowest BCUT2D eigenvalue weighted by Crippen LogP contribution is -2.47. The third-order valence-electron chi connectivity index (χ3n) is 5.22. The Morgan fingerprint density at radius 1 is 1.30 bits per heavy atom. The minimum absolute atomic E-state index is 0. The van der Waals surface area contributed by atoms with Gasteiger partial charge in [-0.05, 0) is 39.0 Å². The van der Waals surface area contributed by atoms with Crippen molar-refractivity contribution in [3.8, 4) is 0 Å². The Morgan fingerprint density at radius 3 is 2.74 bits per heavy atom. The third-order valence-corrected chi connectivity index (χ3v) is 5.22. The average Bonchev–Trinajstić information content (AvgIpc) is 2.99. The van der Waals surface area contributed by atoms with Gasteiger partial charge in [0.25, 0.3) is 0 Å². The Hall–Kier alpha value is -1.10. The minimum Gasteiger partial charge on any atom is -0.378 e. The number of hydrogen-bond donors (Lipinski definition) is 1. The molecule has 0 spiro atoms. The Balaban J connectivity index is 0.00000261. The first kappa shape index (κ1) is 22.2. The molecule has 1 aromatic heterocycles. The second kappa shape index (κ2) is 11.0. The topological polar surface area (TPSA) is 76.7 Å². The summed E-state index contributed by atoms with van der Waals surface area (Å²) in [7, 11) is 1.82. The van der Waals surface area contributed by atoms with Crippen LogP contribution in [-0.2, 0) is 24.2 Å². The van der Waals surface area contributed by atoms with Crippen molar-refractivity contribution in [3.63, 3.8) is 0 Å². The van der Waals surface area contributed by atoms with Crippen LogP contribution >= 0.6 is 24.0 Å². The van der Waals surface area contributed by atoms with Crippen molar-refractivity contribution in [2.75, 3.05) is 33.3 Å². The van der Waals surface area contributed by atoms with Crippen molar-refractivity contribution in [2.24, 2.45) is 4.99 Å². The number of ether oxygens (including phenoxy) is 1. The first-order valence-corrected chi connectivity index (χ1v) is 9.96. The van der Waals surface area contributed by atoms with Gasteiger partial charge in [0.2, 0.25) is 0 Å². The van der Waals surface area contributed by atoms with Crippen LogP contribution in [0.4, 0.5) is 0 Å². The number of aryl methyl sites for hydroxylation is 2. The molecular weight excluding hydrogens is 459 g/mol. The molecule has 2 aliphatic heterocycles. The van der Waals surface area contributed by atoms with Crippen molar-refractivity contribution in [3.05, 3.63) is 16.3 Å². The van der Waals surface area contributed by atoms with Gasteiger partial charge in [-0.2, -0.15) is 5.10 Å². The van der Waals surface area contributed by atoms with Crippen LogP contribution in [-0.4, -0.2) is 64.6 Å². The van der Waals surface area contributed by atoms with Gasteiger partial charge >= 0.3 is 5.69 Å². The molecule has 8 nitrogen and oxygen atoms in total. The molecule has 1 fully saturated rings. The summed E-state index contributed by atoms with van der Waals surface area (Å²) >= 11 is 0. The maximum Gasteiger partial charge on any atom is 0.345 e. The molecule has 3 rings (SSSR count). The standard InChI is InChI=1S/C18H32N6O2.HI/c1-3-26-15-8-13-22(14-9-15)17(19-2)20-10-6-12-24-18(25)23-11-5-4-7-16(23)21-24;/h15H,3-14H2,1-2H3,(H,19,20);1H. The van der Waals surface area contributed by atoms with Gasteiger partial charge in [-0.25, -0.2) is 9.48 Å². The third kappa shape index (κ3) is 5.69. The van der Waals surface area contributed by atoms with Crippen molar-refractivity contribution in [1.29, 1.82) is 0 Å². The van der Waals surface area contributed by atoms with E-state index in [1.54, 1.807) is 4.68 Å². The van der Waals surface area contributed by atoms with Gasteiger partial charge in [0.05, 0.1) is 6.10 Å². The van der Waals surface area contributed by atoms with E-state index in [2.05, 4.69) is 27.2 Å². The summed E-state index contributed by atoms with van der Waals surface area (Å²) in [6.45, 7) is 7.02. The zero-order chi connectivity index (χ0) is 18.4. The predicted molar refractivity (Wildman–Crippen MR) is 117 cm³/mol. The fourth-order valence-corrected chi connectivity index (χ4v) is 3.83. The molecule has 1 N–H and O–H groups in total. The number of hydrogen-bond acceptors (Lipinski definition) is 4. The van der Waals surface area contributed by atoms with Gasteiger partial charge in [-0.15, -0.1) is 24.0 Å². The van der Waals surface area contributed by atoms with E-state index in [0.29, 0.717) is 12.6 Å². The van der Waals surface area contributed by atoms with Crippen molar-refractivity contribution >= 4 is 29.9 Å². The molecule has 27 heavy (non-hydrogen) atoms. The highest BCUT2D eigenvalue weighted by Crippen LogP contribution is 2.13. The van der Waals surface area contributed by atoms with Gasteiger partial charge in [0, 0.05) is 52.8 Å². The maximum atomic E-state index is 12.3. The van der Waals surface area contributed by atoms with Crippen LogP contribution in [0.1, 0.15) is 44.9 Å². The summed E-state index contributed by atoms with van der Waals surface area (Å²) < 4.78 is 9.16. The van der Waals surface area contributed by atoms with E-state index in [9.17, 15) is 4.79 Å². The number of fused-ring (bicyclic) bond motifs is 1. The monoisotopic (exact) mass is 492 g/mol. The molecule has 154 valence electrons. The zero-order valence-corrected chi connectivity index (χ0v) is 18.9. The minimum atomic E-state index is 0. The van der Waals surface area contributed by atoms with Crippen molar-refractivity contribution in [2.45, 2.75) is 64.6 Å². The van der Waals surface area contributed by atoms with Crippen LogP contribution < -0.4 is 11.0 Å². The zero-order valence-electron chi connectivity index (χ0n) is 16.5. The van der Waals surface area contributed by atoms with E-state index in [4.69, 9.17) is 4.74 Å². The van der Waals surface area contributed by atoms with Crippen LogP contribution in [0, 0.1) is 0 Å². The number of nitrogens with one attached hydrogen (secondary N) is 1. The quantitative estimate of drug-likeness (QED) is 0.282. The molecular formula is C18H33IN6O2. The van der Waals surface area contributed by atoms with Crippen LogP contribution in [0.3, 0.4) is 0 Å². The lowest BCUT2D eigenvalue weighted by molar-refractivity contribution is 0.0264. The van der Waals surface area contributed by atoms with E-state index in [1.807, 2.05) is 11.6 Å². The van der Waals surface area contributed by atoms with Crippen LogP contribution in [0.5, 0.6) is 0 Å². The molecule has 0 atom stereocenters. The van der Waals surface area contributed by atoms with Gasteiger partial charge in [0.15, 0.2) is 5.96 Å². The van der Waals surface area contributed by atoms with E-state index in [0.717, 1.165) is 83.1 Å². The molecule has 0 bridgehead atoms. The van der Waals surface area contributed by atoms with E-state index < -0.39 is 0 Å².